The second-order valence-corrected chi connectivity index (χ2v) is 3.81. The van der Waals surface area contributed by atoms with Crippen molar-refractivity contribution < 1.29 is 13.7 Å². The minimum Gasteiger partial charge on any atom is -0.479 e. The molecule has 7 heteroatoms. The normalized spacial score (nSPS) is 14.2. The van der Waals surface area contributed by atoms with Crippen LogP contribution in [0.1, 0.15) is 11.5 Å². The number of hydrogen-bond donors (Lipinski definition) is 0. The van der Waals surface area contributed by atoms with Gasteiger partial charge in [-0.05, 0) is 6.08 Å². The van der Waals surface area contributed by atoms with Crippen molar-refractivity contribution >= 4 is 11.3 Å². The second kappa shape index (κ2) is 4.60. The standard InChI is InChI=1S/C12H9FN4O2/c1-18-12-8(13)6-15-11(16-12)10-4-7(5-14-10)9-2-3-19-17-9/h2-4,6H,5H2,1H3. The predicted molar refractivity (Wildman–Crippen MR) is 64.4 cm³/mol. The maximum Gasteiger partial charge on any atom is 0.253 e. The van der Waals surface area contributed by atoms with Crippen LogP contribution < -0.4 is 4.74 Å². The molecule has 19 heavy (non-hydrogen) atoms. The van der Waals surface area contributed by atoms with Crippen molar-refractivity contribution in [3.63, 3.8) is 0 Å². The molecule has 3 heterocycles. The zero-order valence-electron chi connectivity index (χ0n) is 10.00. The van der Waals surface area contributed by atoms with Crippen LogP contribution in [0.4, 0.5) is 4.39 Å². The van der Waals surface area contributed by atoms with Gasteiger partial charge in [0.05, 0.1) is 19.9 Å². The van der Waals surface area contributed by atoms with Crippen LogP contribution in [0.3, 0.4) is 0 Å². The fourth-order valence-electron chi connectivity index (χ4n) is 1.71. The highest BCUT2D eigenvalue weighted by atomic mass is 19.1. The molecule has 0 amide bonds. The molecule has 0 spiro atoms. The molecule has 0 atom stereocenters. The van der Waals surface area contributed by atoms with Gasteiger partial charge in [-0.1, -0.05) is 5.16 Å². The van der Waals surface area contributed by atoms with Crippen LogP contribution in [0.5, 0.6) is 5.88 Å². The second-order valence-electron chi connectivity index (χ2n) is 3.81. The van der Waals surface area contributed by atoms with E-state index in [1.807, 2.05) is 0 Å². The Morgan fingerprint density at radius 2 is 2.32 bits per heavy atom. The van der Waals surface area contributed by atoms with E-state index >= 15 is 0 Å². The lowest BCUT2D eigenvalue weighted by atomic mass is 10.2. The first-order valence-electron chi connectivity index (χ1n) is 5.50. The highest BCUT2D eigenvalue weighted by Gasteiger charge is 2.17. The molecule has 1 aliphatic heterocycles. The van der Waals surface area contributed by atoms with Crippen molar-refractivity contribution in [2.24, 2.45) is 4.99 Å². The quantitative estimate of drug-likeness (QED) is 0.836. The maximum atomic E-state index is 13.2. The van der Waals surface area contributed by atoms with Crippen LogP contribution in [0.25, 0.3) is 5.57 Å². The average Bonchev–Trinajstić information content (AvgIpc) is 3.10. The number of allylic oxidation sites excluding steroid dienone is 1. The number of ether oxygens (including phenoxy) is 1. The molecule has 0 saturated carbocycles. The number of methoxy groups -OCH3 is 1. The minimum absolute atomic E-state index is 0.101. The lowest BCUT2D eigenvalue weighted by molar-refractivity contribution is 0.366. The third kappa shape index (κ3) is 2.10. The van der Waals surface area contributed by atoms with Crippen molar-refractivity contribution in [2.75, 3.05) is 13.7 Å². The first kappa shape index (κ1) is 11.5. The number of aliphatic imine (C=N–C) groups is 1. The molecule has 0 aromatic carbocycles. The predicted octanol–water partition coefficient (Wildman–Crippen LogP) is 1.50. The van der Waals surface area contributed by atoms with E-state index in [0.717, 1.165) is 11.8 Å². The van der Waals surface area contributed by atoms with Crippen molar-refractivity contribution in [3.05, 3.63) is 41.9 Å². The molecule has 0 N–H and O–H groups in total. The summed E-state index contributed by atoms with van der Waals surface area (Å²) in [5, 5.41) is 3.83. The Bertz CT molecular complexity index is 664. The van der Waals surface area contributed by atoms with E-state index in [2.05, 4.69) is 20.1 Å². The van der Waals surface area contributed by atoms with Crippen LogP contribution >= 0.6 is 0 Å². The zero-order chi connectivity index (χ0) is 13.2. The number of nitrogens with zero attached hydrogens (tertiary/aromatic N) is 4. The molecule has 0 radical (unpaired) electrons. The fourth-order valence-corrected chi connectivity index (χ4v) is 1.71. The fraction of sp³-hybridized carbons (Fsp3) is 0.167. The summed E-state index contributed by atoms with van der Waals surface area (Å²) in [6, 6.07) is 1.75. The third-order valence-electron chi connectivity index (χ3n) is 2.63. The molecule has 2 aromatic rings. The first-order chi connectivity index (χ1) is 9.28. The van der Waals surface area contributed by atoms with Gasteiger partial charge in [0.25, 0.3) is 5.88 Å². The number of aromatic nitrogens is 3. The molecule has 6 nitrogen and oxygen atoms in total. The van der Waals surface area contributed by atoms with Gasteiger partial charge in [0.15, 0.2) is 5.82 Å². The van der Waals surface area contributed by atoms with Crippen LogP contribution in [-0.2, 0) is 0 Å². The van der Waals surface area contributed by atoms with Gasteiger partial charge in [0, 0.05) is 11.6 Å². The molecule has 0 fully saturated rings. The monoisotopic (exact) mass is 260 g/mol. The van der Waals surface area contributed by atoms with Crippen LogP contribution in [0.2, 0.25) is 0 Å². The van der Waals surface area contributed by atoms with E-state index < -0.39 is 5.82 Å². The molecule has 0 unspecified atom stereocenters. The number of hydrogen-bond acceptors (Lipinski definition) is 6. The molecular formula is C12H9FN4O2. The Balaban J connectivity index is 1.92. The molecular weight excluding hydrogens is 251 g/mol. The summed E-state index contributed by atoms with van der Waals surface area (Å²) in [5.74, 6) is -0.390. The van der Waals surface area contributed by atoms with E-state index in [1.54, 1.807) is 12.1 Å². The molecule has 0 aliphatic carbocycles. The zero-order valence-corrected chi connectivity index (χ0v) is 10.00. The highest BCUT2D eigenvalue weighted by molar-refractivity contribution is 6.12. The van der Waals surface area contributed by atoms with Crippen LogP contribution in [-0.4, -0.2) is 34.5 Å². The first-order valence-corrected chi connectivity index (χ1v) is 5.50. The number of halogens is 1. The van der Waals surface area contributed by atoms with Gasteiger partial charge in [0.2, 0.25) is 5.82 Å². The van der Waals surface area contributed by atoms with E-state index in [0.29, 0.717) is 23.8 Å². The van der Waals surface area contributed by atoms with Crippen LogP contribution in [0, 0.1) is 5.82 Å². The topological polar surface area (TPSA) is 73.4 Å². The minimum atomic E-state index is -0.606. The van der Waals surface area contributed by atoms with Crippen molar-refractivity contribution in [3.8, 4) is 5.88 Å². The molecule has 0 saturated heterocycles. The van der Waals surface area contributed by atoms with E-state index in [-0.39, 0.29) is 5.88 Å². The summed E-state index contributed by atoms with van der Waals surface area (Å²) in [5.41, 5.74) is 2.18. The SMILES string of the molecule is COc1nc(C2=NCC(c3ccon3)=C2)ncc1F. The van der Waals surface area contributed by atoms with Crippen molar-refractivity contribution in [1.82, 2.24) is 15.1 Å². The lowest BCUT2D eigenvalue weighted by Gasteiger charge is -2.02. The number of rotatable bonds is 3. The summed E-state index contributed by atoms with van der Waals surface area (Å²) in [4.78, 5) is 12.1. The van der Waals surface area contributed by atoms with E-state index in [4.69, 9.17) is 9.26 Å². The molecule has 3 rings (SSSR count). The van der Waals surface area contributed by atoms with E-state index in [1.165, 1.54) is 13.4 Å². The summed E-state index contributed by atoms with van der Waals surface area (Å²) in [6.07, 6.45) is 4.35. The Morgan fingerprint density at radius 1 is 1.42 bits per heavy atom. The summed E-state index contributed by atoms with van der Waals surface area (Å²) in [7, 11) is 1.35. The Labute approximate surface area is 107 Å². The summed E-state index contributed by atoms with van der Waals surface area (Å²) < 4.78 is 22.8. The van der Waals surface area contributed by atoms with Gasteiger partial charge in [-0.15, -0.1) is 0 Å². The van der Waals surface area contributed by atoms with Crippen molar-refractivity contribution in [1.29, 1.82) is 0 Å². The highest BCUT2D eigenvalue weighted by Crippen LogP contribution is 2.20. The Hall–Kier alpha value is -2.57. The summed E-state index contributed by atoms with van der Waals surface area (Å²) >= 11 is 0. The third-order valence-corrected chi connectivity index (χ3v) is 2.63. The molecule has 1 aliphatic rings. The van der Waals surface area contributed by atoms with Crippen molar-refractivity contribution in [2.45, 2.75) is 0 Å². The van der Waals surface area contributed by atoms with Gasteiger partial charge < -0.3 is 9.26 Å². The van der Waals surface area contributed by atoms with Gasteiger partial charge in [-0.25, -0.2) is 4.98 Å². The lowest BCUT2D eigenvalue weighted by Crippen LogP contribution is -2.05. The molecule has 96 valence electrons. The molecule has 2 aromatic heterocycles. The van der Waals surface area contributed by atoms with Crippen LogP contribution in [0.15, 0.2) is 34.1 Å². The smallest absolute Gasteiger partial charge is 0.253 e. The van der Waals surface area contributed by atoms with Gasteiger partial charge in [0.1, 0.15) is 17.7 Å². The Morgan fingerprint density at radius 3 is 3.05 bits per heavy atom. The maximum absolute atomic E-state index is 13.2. The van der Waals surface area contributed by atoms with E-state index in [9.17, 15) is 4.39 Å². The largest absolute Gasteiger partial charge is 0.479 e. The van der Waals surface area contributed by atoms with Gasteiger partial charge in [-0.3, -0.25) is 4.99 Å². The van der Waals surface area contributed by atoms with Gasteiger partial charge in [-0.2, -0.15) is 9.37 Å². The average molecular weight is 260 g/mol. The summed E-state index contributed by atoms with van der Waals surface area (Å²) in [6.45, 7) is 0.463. The molecule has 0 bridgehead atoms. The Kier molecular flexibility index (Phi) is 2.79. The van der Waals surface area contributed by atoms with Gasteiger partial charge >= 0.3 is 0 Å².